The van der Waals surface area contributed by atoms with Gasteiger partial charge in [-0.2, -0.15) is 5.26 Å². The zero-order valence-electron chi connectivity index (χ0n) is 9.25. The van der Waals surface area contributed by atoms with E-state index in [2.05, 4.69) is 9.97 Å². The van der Waals surface area contributed by atoms with Gasteiger partial charge >= 0.3 is 5.97 Å². The van der Waals surface area contributed by atoms with Gasteiger partial charge in [0.15, 0.2) is 5.16 Å². The Morgan fingerprint density at radius 3 is 2.89 bits per heavy atom. The number of rotatable bonds is 3. The van der Waals surface area contributed by atoms with Gasteiger partial charge < -0.3 is 5.11 Å². The van der Waals surface area contributed by atoms with Crippen molar-refractivity contribution in [2.24, 2.45) is 0 Å². The molecule has 0 bridgehead atoms. The first-order chi connectivity index (χ1) is 8.58. The van der Waals surface area contributed by atoms with Crippen molar-refractivity contribution in [3.8, 4) is 6.07 Å². The Bertz CT molecular complexity index is 646. The molecule has 0 spiro atoms. The van der Waals surface area contributed by atoms with E-state index in [9.17, 15) is 4.79 Å². The summed E-state index contributed by atoms with van der Waals surface area (Å²) < 4.78 is 0. The molecule has 2 aromatic heterocycles. The number of nitriles is 1. The van der Waals surface area contributed by atoms with Crippen LogP contribution in [0, 0.1) is 18.3 Å². The summed E-state index contributed by atoms with van der Waals surface area (Å²) in [6.45, 7) is 1.78. The molecule has 7 heteroatoms. The first kappa shape index (κ1) is 12.5. The van der Waals surface area contributed by atoms with Gasteiger partial charge in [-0.1, -0.05) is 0 Å². The van der Waals surface area contributed by atoms with Crippen molar-refractivity contribution < 1.29 is 9.90 Å². The van der Waals surface area contributed by atoms with E-state index in [1.165, 1.54) is 11.8 Å². The van der Waals surface area contributed by atoms with Crippen LogP contribution in [0.4, 0.5) is 0 Å². The lowest BCUT2D eigenvalue weighted by Crippen LogP contribution is -1.93. The zero-order valence-corrected chi connectivity index (χ0v) is 10.9. The Kier molecular flexibility index (Phi) is 3.60. The van der Waals surface area contributed by atoms with Crippen molar-refractivity contribution in [2.75, 3.05) is 0 Å². The Balaban J connectivity index is 2.25. The minimum atomic E-state index is -0.949. The molecule has 0 aromatic carbocycles. The molecule has 2 rings (SSSR count). The highest BCUT2D eigenvalue weighted by Gasteiger charge is 2.10. The molecule has 0 unspecified atom stereocenters. The quantitative estimate of drug-likeness (QED) is 0.868. The fraction of sp³-hybridized carbons (Fsp3) is 0.0909. The van der Waals surface area contributed by atoms with Gasteiger partial charge in [0.05, 0.1) is 0 Å². The van der Waals surface area contributed by atoms with Crippen molar-refractivity contribution in [3.63, 3.8) is 0 Å². The summed E-state index contributed by atoms with van der Waals surface area (Å²) in [4.78, 5) is 20.0. The van der Waals surface area contributed by atoms with E-state index in [0.29, 0.717) is 16.5 Å². The topological polar surface area (TPSA) is 86.9 Å². The van der Waals surface area contributed by atoms with E-state index in [4.69, 9.17) is 10.4 Å². The number of hydrogen-bond donors (Lipinski definition) is 1. The van der Waals surface area contributed by atoms with Crippen LogP contribution in [0.15, 0.2) is 27.6 Å². The van der Waals surface area contributed by atoms with E-state index in [1.807, 2.05) is 6.07 Å². The number of aromatic nitrogens is 2. The molecule has 5 nitrogen and oxygen atoms in total. The Morgan fingerprint density at radius 1 is 1.50 bits per heavy atom. The fourth-order valence-electron chi connectivity index (χ4n) is 1.23. The molecular formula is C11H7N3O2S2. The van der Waals surface area contributed by atoms with E-state index < -0.39 is 5.97 Å². The summed E-state index contributed by atoms with van der Waals surface area (Å²) in [6.07, 6.45) is 0. The van der Waals surface area contributed by atoms with Gasteiger partial charge in [-0.3, -0.25) is 0 Å². The van der Waals surface area contributed by atoms with Crippen LogP contribution in [0.1, 0.15) is 21.1 Å². The third-order valence-corrected chi connectivity index (χ3v) is 3.85. The molecule has 18 heavy (non-hydrogen) atoms. The third kappa shape index (κ3) is 2.85. The van der Waals surface area contributed by atoms with Crippen LogP contribution in [-0.4, -0.2) is 21.0 Å². The van der Waals surface area contributed by atoms with E-state index >= 15 is 0 Å². The lowest BCUT2D eigenvalue weighted by atomic mass is 10.4. The Morgan fingerprint density at radius 2 is 2.28 bits per heavy atom. The molecule has 0 atom stereocenters. The fourth-order valence-corrected chi connectivity index (χ4v) is 2.97. The molecule has 1 N–H and O–H groups in total. The molecule has 90 valence electrons. The molecule has 0 fully saturated rings. The van der Waals surface area contributed by atoms with Crippen LogP contribution in [0.5, 0.6) is 0 Å². The number of carboxylic acid groups (broad SMARTS) is 1. The number of hydrogen-bond acceptors (Lipinski definition) is 6. The molecular weight excluding hydrogens is 270 g/mol. The predicted molar refractivity (Wildman–Crippen MR) is 66.9 cm³/mol. The van der Waals surface area contributed by atoms with Gasteiger partial charge in [0, 0.05) is 16.0 Å². The number of aromatic carboxylic acids is 1. The Labute approximate surface area is 111 Å². The summed E-state index contributed by atoms with van der Waals surface area (Å²) in [7, 11) is 0. The molecule has 0 aliphatic rings. The van der Waals surface area contributed by atoms with Crippen LogP contribution >= 0.6 is 23.1 Å². The molecule has 2 heterocycles. The van der Waals surface area contributed by atoms with Gasteiger partial charge in [0.1, 0.15) is 16.6 Å². The van der Waals surface area contributed by atoms with Crippen LogP contribution < -0.4 is 0 Å². The van der Waals surface area contributed by atoms with E-state index in [0.717, 1.165) is 16.2 Å². The van der Waals surface area contributed by atoms with Gasteiger partial charge in [-0.05, 0) is 30.8 Å². The number of thiophene rings is 1. The molecule has 0 radical (unpaired) electrons. The second kappa shape index (κ2) is 5.16. The lowest BCUT2D eigenvalue weighted by Gasteiger charge is -1.99. The normalized spacial score (nSPS) is 10.0. The number of nitrogens with zero attached hydrogens (tertiary/aromatic N) is 3. The maximum absolute atomic E-state index is 10.7. The number of aryl methyl sites for hydroxylation is 1. The van der Waals surface area contributed by atoms with Crippen LogP contribution in [0.25, 0.3) is 0 Å². The third-order valence-electron chi connectivity index (χ3n) is 1.94. The number of carbonyl (C=O) groups is 1. The van der Waals surface area contributed by atoms with Crippen molar-refractivity contribution in [2.45, 2.75) is 17.0 Å². The van der Waals surface area contributed by atoms with E-state index in [-0.39, 0.29) is 4.88 Å². The van der Waals surface area contributed by atoms with Crippen molar-refractivity contribution in [1.82, 2.24) is 9.97 Å². The number of carboxylic acids is 1. The van der Waals surface area contributed by atoms with Gasteiger partial charge in [-0.15, -0.1) is 11.3 Å². The van der Waals surface area contributed by atoms with Crippen molar-refractivity contribution >= 4 is 29.1 Å². The van der Waals surface area contributed by atoms with Crippen molar-refractivity contribution in [3.05, 3.63) is 33.8 Å². The predicted octanol–water partition coefficient (Wildman–Crippen LogP) is 2.57. The molecule has 0 aliphatic heterocycles. The highest BCUT2D eigenvalue weighted by Crippen LogP contribution is 2.29. The molecule has 0 saturated carbocycles. The monoisotopic (exact) mass is 277 g/mol. The SMILES string of the molecule is Cc1cc(C#N)nc(Sc2csc(C(=O)O)c2)n1. The van der Waals surface area contributed by atoms with Gasteiger partial charge in [0.2, 0.25) is 0 Å². The second-order valence-corrected chi connectivity index (χ2v) is 5.29. The van der Waals surface area contributed by atoms with Crippen LogP contribution in [-0.2, 0) is 0 Å². The highest BCUT2D eigenvalue weighted by molar-refractivity contribution is 7.99. The average Bonchev–Trinajstić information content (AvgIpc) is 2.76. The smallest absolute Gasteiger partial charge is 0.345 e. The zero-order chi connectivity index (χ0) is 13.1. The summed E-state index contributed by atoms with van der Waals surface area (Å²) in [5, 5.41) is 19.8. The van der Waals surface area contributed by atoms with E-state index in [1.54, 1.807) is 24.4 Å². The molecule has 0 amide bonds. The molecule has 0 saturated heterocycles. The summed E-state index contributed by atoms with van der Waals surface area (Å²) >= 11 is 2.39. The van der Waals surface area contributed by atoms with Gasteiger partial charge in [0.25, 0.3) is 0 Å². The summed E-state index contributed by atoms with van der Waals surface area (Å²) in [5.41, 5.74) is 1.01. The minimum Gasteiger partial charge on any atom is -0.477 e. The molecule has 0 aliphatic carbocycles. The van der Waals surface area contributed by atoms with Crippen LogP contribution in [0.2, 0.25) is 0 Å². The molecule has 2 aromatic rings. The Hall–Kier alpha value is -1.91. The summed E-state index contributed by atoms with van der Waals surface area (Å²) in [6, 6.07) is 5.12. The van der Waals surface area contributed by atoms with Gasteiger partial charge in [-0.25, -0.2) is 14.8 Å². The average molecular weight is 277 g/mol. The standard InChI is InChI=1S/C11H7N3O2S2/c1-6-2-7(4-12)14-11(13-6)18-8-3-9(10(15)16)17-5-8/h2-3,5H,1H3,(H,15,16). The summed E-state index contributed by atoms with van der Waals surface area (Å²) in [5.74, 6) is -0.949. The maximum atomic E-state index is 10.7. The minimum absolute atomic E-state index is 0.269. The second-order valence-electron chi connectivity index (χ2n) is 3.34. The lowest BCUT2D eigenvalue weighted by molar-refractivity contribution is 0.0702. The first-order valence-corrected chi connectivity index (χ1v) is 6.53. The highest BCUT2D eigenvalue weighted by atomic mass is 32.2. The first-order valence-electron chi connectivity index (χ1n) is 4.84. The maximum Gasteiger partial charge on any atom is 0.345 e. The largest absolute Gasteiger partial charge is 0.477 e. The van der Waals surface area contributed by atoms with Crippen molar-refractivity contribution in [1.29, 1.82) is 5.26 Å². The van der Waals surface area contributed by atoms with Crippen LogP contribution in [0.3, 0.4) is 0 Å².